The van der Waals surface area contributed by atoms with E-state index in [9.17, 15) is 14.0 Å². The maximum Gasteiger partial charge on any atom is 0.242 e. The molecule has 2 aromatic rings. The molecule has 0 saturated heterocycles. The van der Waals surface area contributed by atoms with Gasteiger partial charge in [-0.25, -0.2) is 4.39 Å². The lowest BCUT2D eigenvalue weighted by molar-refractivity contribution is -0.138. The van der Waals surface area contributed by atoms with Gasteiger partial charge in [0.1, 0.15) is 11.9 Å². The van der Waals surface area contributed by atoms with Crippen LogP contribution in [0.4, 0.5) is 4.39 Å². The summed E-state index contributed by atoms with van der Waals surface area (Å²) in [4.78, 5) is 26.8. The van der Waals surface area contributed by atoms with Gasteiger partial charge in [-0.3, -0.25) is 9.59 Å². The molecule has 1 unspecified atom stereocenters. The van der Waals surface area contributed by atoms with E-state index in [1.165, 1.54) is 23.9 Å². The predicted octanol–water partition coefficient (Wildman–Crippen LogP) is 3.92. The number of carbonyl (C=O) groups excluding carboxylic acids is 2. The Labute approximate surface area is 170 Å². The van der Waals surface area contributed by atoms with Crippen molar-refractivity contribution in [3.05, 3.63) is 71.0 Å². The number of rotatable bonds is 9. The Morgan fingerprint density at radius 1 is 1.14 bits per heavy atom. The van der Waals surface area contributed by atoms with E-state index in [1.807, 2.05) is 38.1 Å². The van der Waals surface area contributed by atoms with E-state index < -0.39 is 6.04 Å². The molecule has 0 heterocycles. The van der Waals surface area contributed by atoms with Crippen LogP contribution >= 0.6 is 11.8 Å². The highest BCUT2D eigenvalue weighted by Gasteiger charge is 2.25. The van der Waals surface area contributed by atoms with Crippen molar-refractivity contribution in [3.8, 4) is 0 Å². The number of nitrogens with one attached hydrogen (secondary N) is 1. The number of halogens is 1. The van der Waals surface area contributed by atoms with Crippen LogP contribution in [0.25, 0.3) is 0 Å². The zero-order valence-corrected chi connectivity index (χ0v) is 17.4. The number of thioether (sulfide) groups is 1. The molecule has 2 amide bonds. The van der Waals surface area contributed by atoms with Crippen LogP contribution in [-0.2, 0) is 21.9 Å². The summed E-state index contributed by atoms with van der Waals surface area (Å²) in [6.45, 7) is 6.52. The van der Waals surface area contributed by atoms with Crippen LogP contribution in [0, 0.1) is 12.7 Å². The average molecular weight is 403 g/mol. The molecule has 6 heteroatoms. The molecular formula is C22H27FN2O2S. The molecule has 0 radical (unpaired) electrons. The second kappa shape index (κ2) is 10.9. The van der Waals surface area contributed by atoms with E-state index in [1.54, 1.807) is 24.0 Å². The fourth-order valence-corrected chi connectivity index (χ4v) is 3.70. The van der Waals surface area contributed by atoms with Crippen molar-refractivity contribution in [2.45, 2.75) is 39.1 Å². The first-order valence-corrected chi connectivity index (χ1v) is 10.5. The monoisotopic (exact) mass is 402 g/mol. The van der Waals surface area contributed by atoms with Crippen LogP contribution in [-0.4, -0.2) is 35.1 Å². The van der Waals surface area contributed by atoms with Gasteiger partial charge in [-0.15, -0.1) is 11.8 Å². The van der Waals surface area contributed by atoms with Crippen LogP contribution in [0.5, 0.6) is 0 Å². The molecule has 2 rings (SSSR count). The van der Waals surface area contributed by atoms with Crippen molar-refractivity contribution >= 4 is 23.6 Å². The Morgan fingerprint density at radius 2 is 1.86 bits per heavy atom. The van der Waals surface area contributed by atoms with E-state index in [4.69, 9.17) is 0 Å². The first-order valence-electron chi connectivity index (χ1n) is 9.35. The smallest absolute Gasteiger partial charge is 0.242 e. The largest absolute Gasteiger partial charge is 0.355 e. The fourth-order valence-electron chi connectivity index (χ4n) is 2.83. The highest BCUT2D eigenvalue weighted by Crippen LogP contribution is 2.17. The van der Waals surface area contributed by atoms with Crippen LogP contribution in [0.15, 0.2) is 48.5 Å². The SMILES string of the molecule is CCNC(=O)C(C)N(Cc1cccc(C)c1)C(=O)CSCc1ccc(F)cc1. The number of likely N-dealkylation sites (N-methyl/N-ethyl adjacent to an activating group) is 1. The molecule has 0 bridgehead atoms. The third kappa shape index (κ3) is 6.68. The van der Waals surface area contributed by atoms with Gasteiger partial charge in [0.15, 0.2) is 0 Å². The Balaban J connectivity index is 2.04. The maximum absolute atomic E-state index is 13.0. The number of amides is 2. The van der Waals surface area contributed by atoms with Crippen LogP contribution in [0.1, 0.15) is 30.5 Å². The molecule has 28 heavy (non-hydrogen) atoms. The summed E-state index contributed by atoms with van der Waals surface area (Å²) in [6, 6.07) is 13.6. The minimum absolute atomic E-state index is 0.0904. The van der Waals surface area contributed by atoms with Gasteiger partial charge in [0.25, 0.3) is 0 Å². The number of nitrogens with zero attached hydrogens (tertiary/aromatic N) is 1. The van der Waals surface area contributed by atoms with E-state index in [-0.39, 0.29) is 23.4 Å². The quantitative estimate of drug-likeness (QED) is 0.692. The van der Waals surface area contributed by atoms with Gasteiger partial charge in [-0.1, -0.05) is 42.0 Å². The minimum Gasteiger partial charge on any atom is -0.355 e. The number of hydrogen-bond acceptors (Lipinski definition) is 3. The van der Waals surface area contributed by atoms with Gasteiger partial charge in [-0.05, 0) is 44.0 Å². The molecule has 1 atom stereocenters. The van der Waals surface area contributed by atoms with Crippen LogP contribution in [0.2, 0.25) is 0 Å². The molecule has 150 valence electrons. The molecule has 0 aliphatic rings. The van der Waals surface area contributed by atoms with Crippen LogP contribution in [0.3, 0.4) is 0 Å². The first kappa shape index (κ1) is 22.0. The summed E-state index contributed by atoms with van der Waals surface area (Å²) < 4.78 is 13.0. The lowest BCUT2D eigenvalue weighted by Gasteiger charge is -2.28. The van der Waals surface area contributed by atoms with E-state index >= 15 is 0 Å². The fraction of sp³-hybridized carbons (Fsp3) is 0.364. The normalized spacial score (nSPS) is 11.7. The Morgan fingerprint density at radius 3 is 2.50 bits per heavy atom. The summed E-state index contributed by atoms with van der Waals surface area (Å²) in [5.41, 5.74) is 3.07. The van der Waals surface area contributed by atoms with Crippen molar-refractivity contribution in [3.63, 3.8) is 0 Å². The van der Waals surface area contributed by atoms with Crippen LogP contribution < -0.4 is 5.32 Å². The third-order valence-electron chi connectivity index (χ3n) is 4.36. The predicted molar refractivity (Wildman–Crippen MR) is 112 cm³/mol. The lowest BCUT2D eigenvalue weighted by Crippen LogP contribution is -2.48. The lowest BCUT2D eigenvalue weighted by atomic mass is 10.1. The molecular weight excluding hydrogens is 375 g/mol. The molecule has 0 spiro atoms. The van der Waals surface area contributed by atoms with Gasteiger partial charge in [0.05, 0.1) is 5.75 Å². The molecule has 4 nitrogen and oxygen atoms in total. The molecule has 0 fully saturated rings. The standard InChI is InChI=1S/C22H27FN2O2S/c1-4-24-22(27)17(3)25(13-19-7-5-6-16(2)12-19)21(26)15-28-14-18-8-10-20(23)11-9-18/h5-12,17H,4,13-15H2,1-3H3,(H,24,27). The summed E-state index contributed by atoms with van der Waals surface area (Å²) in [5, 5.41) is 2.79. The maximum atomic E-state index is 13.0. The number of hydrogen-bond donors (Lipinski definition) is 1. The Bertz CT molecular complexity index is 795. The minimum atomic E-state index is -0.556. The number of benzene rings is 2. The second-order valence-electron chi connectivity index (χ2n) is 6.70. The van der Waals surface area contributed by atoms with E-state index in [2.05, 4.69) is 5.32 Å². The highest BCUT2D eigenvalue weighted by molar-refractivity contribution is 7.99. The Hall–Kier alpha value is -2.34. The number of aryl methyl sites for hydroxylation is 1. The summed E-state index contributed by atoms with van der Waals surface area (Å²) in [6.07, 6.45) is 0. The molecule has 0 saturated carbocycles. The van der Waals surface area contributed by atoms with E-state index in [0.29, 0.717) is 18.8 Å². The van der Waals surface area contributed by atoms with Gasteiger partial charge < -0.3 is 10.2 Å². The van der Waals surface area contributed by atoms with Gasteiger partial charge in [-0.2, -0.15) is 0 Å². The third-order valence-corrected chi connectivity index (χ3v) is 5.35. The molecule has 0 aliphatic carbocycles. The van der Waals surface area contributed by atoms with E-state index in [0.717, 1.165) is 16.7 Å². The molecule has 2 aromatic carbocycles. The second-order valence-corrected chi connectivity index (χ2v) is 7.69. The molecule has 1 N–H and O–H groups in total. The van der Waals surface area contributed by atoms with Crippen molar-refractivity contribution in [2.24, 2.45) is 0 Å². The van der Waals surface area contributed by atoms with Crippen molar-refractivity contribution < 1.29 is 14.0 Å². The average Bonchev–Trinajstić information content (AvgIpc) is 2.67. The summed E-state index contributed by atoms with van der Waals surface area (Å²) in [5.74, 6) is 0.344. The van der Waals surface area contributed by atoms with Crippen molar-refractivity contribution in [1.82, 2.24) is 10.2 Å². The zero-order chi connectivity index (χ0) is 20.5. The van der Waals surface area contributed by atoms with Gasteiger partial charge >= 0.3 is 0 Å². The molecule has 0 aliphatic heterocycles. The summed E-state index contributed by atoms with van der Waals surface area (Å²) >= 11 is 1.46. The highest BCUT2D eigenvalue weighted by atomic mass is 32.2. The Kier molecular flexibility index (Phi) is 8.51. The summed E-state index contributed by atoms with van der Waals surface area (Å²) in [7, 11) is 0. The van der Waals surface area contributed by atoms with Gasteiger partial charge in [0.2, 0.25) is 11.8 Å². The first-order chi connectivity index (χ1) is 13.4. The van der Waals surface area contributed by atoms with Crippen molar-refractivity contribution in [1.29, 1.82) is 0 Å². The molecule has 0 aromatic heterocycles. The number of carbonyl (C=O) groups is 2. The van der Waals surface area contributed by atoms with Crippen molar-refractivity contribution in [2.75, 3.05) is 12.3 Å². The topological polar surface area (TPSA) is 49.4 Å². The van der Waals surface area contributed by atoms with Gasteiger partial charge in [0, 0.05) is 18.8 Å². The zero-order valence-electron chi connectivity index (χ0n) is 16.6.